The molecule has 0 saturated heterocycles. The molecule has 0 radical (unpaired) electrons. The molecule has 1 N–H and O–H groups in total. The van der Waals surface area contributed by atoms with E-state index in [2.05, 4.69) is 47.6 Å². The topological polar surface area (TPSA) is 39.6 Å². The molecule has 0 fully saturated rings. The number of fused-ring (bicyclic) bond motifs is 1. The molecular weight excluding hydrogens is 256 g/mol. The van der Waals surface area contributed by atoms with Gasteiger partial charge in [-0.2, -0.15) is 5.26 Å². The van der Waals surface area contributed by atoms with Gasteiger partial charge in [-0.15, -0.1) is 0 Å². The molecule has 0 bridgehead atoms. The number of rotatable bonds is 5. The highest BCUT2D eigenvalue weighted by atomic mass is 14.7. The summed E-state index contributed by atoms with van der Waals surface area (Å²) in [6.07, 6.45) is 6.62. The van der Waals surface area contributed by atoms with E-state index in [9.17, 15) is 0 Å². The first kappa shape index (κ1) is 13.5. The molecule has 0 unspecified atom stereocenters. The molecule has 0 aliphatic heterocycles. The van der Waals surface area contributed by atoms with Gasteiger partial charge in [0.2, 0.25) is 0 Å². The fourth-order valence-corrected chi connectivity index (χ4v) is 2.74. The Morgan fingerprint density at radius 3 is 2.57 bits per heavy atom. The number of unbranched alkanes of at least 4 members (excludes halogenated alkanes) is 1. The second-order valence-corrected chi connectivity index (χ2v) is 5.38. The molecular formula is C19H18N2. The summed E-state index contributed by atoms with van der Waals surface area (Å²) in [5.74, 6) is 0. The summed E-state index contributed by atoms with van der Waals surface area (Å²) in [6, 6.07) is 18.7. The molecule has 0 spiro atoms. The first-order valence-electron chi connectivity index (χ1n) is 7.41. The third-order valence-corrected chi connectivity index (χ3v) is 3.90. The number of hydrogen-bond acceptors (Lipinski definition) is 1. The molecule has 21 heavy (non-hydrogen) atoms. The van der Waals surface area contributed by atoms with E-state index in [1.165, 1.54) is 29.4 Å². The van der Waals surface area contributed by atoms with Gasteiger partial charge in [0.1, 0.15) is 0 Å². The van der Waals surface area contributed by atoms with Gasteiger partial charge in [0.15, 0.2) is 0 Å². The molecule has 0 saturated carbocycles. The summed E-state index contributed by atoms with van der Waals surface area (Å²) < 4.78 is 0. The number of nitriles is 1. The summed E-state index contributed by atoms with van der Waals surface area (Å²) in [5.41, 5.74) is 4.57. The smallest absolute Gasteiger partial charge is 0.0991 e. The van der Waals surface area contributed by atoms with Crippen molar-refractivity contribution in [3.05, 3.63) is 71.4 Å². The maximum absolute atomic E-state index is 9.01. The van der Waals surface area contributed by atoms with Crippen molar-refractivity contribution < 1.29 is 0 Å². The first-order chi connectivity index (χ1) is 10.4. The second-order valence-electron chi connectivity index (χ2n) is 5.38. The minimum absolute atomic E-state index is 0.729. The predicted octanol–water partition coefficient (Wildman–Crippen LogP) is 4.60. The number of aromatic amines is 1. The van der Waals surface area contributed by atoms with Crippen LogP contribution >= 0.6 is 0 Å². The number of aromatic nitrogens is 1. The van der Waals surface area contributed by atoms with Gasteiger partial charge in [-0.3, -0.25) is 0 Å². The Kier molecular flexibility index (Phi) is 4.02. The van der Waals surface area contributed by atoms with E-state index >= 15 is 0 Å². The van der Waals surface area contributed by atoms with Crippen LogP contribution < -0.4 is 0 Å². The lowest BCUT2D eigenvalue weighted by atomic mass is 10.0. The molecule has 0 aliphatic carbocycles. The number of hydrogen-bond donors (Lipinski definition) is 1. The van der Waals surface area contributed by atoms with Crippen LogP contribution in [-0.4, -0.2) is 4.98 Å². The Morgan fingerprint density at radius 2 is 1.76 bits per heavy atom. The molecule has 3 aromatic rings. The predicted molar refractivity (Wildman–Crippen MR) is 86.1 cm³/mol. The van der Waals surface area contributed by atoms with Crippen molar-refractivity contribution in [2.24, 2.45) is 0 Å². The zero-order chi connectivity index (χ0) is 14.5. The van der Waals surface area contributed by atoms with Gasteiger partial charge in [0.25, 0.3) is 0 Å². The number of H-pyrrole nitrogens is 1. The van der Waals surface area contributed by atoms with Gasteiger partial charge in [0, 0.05) is 17.1 Å². The van der Waals surface area contributed by atoms with Gasteiger partial charge in [-0.1, -0.05) is 30.3 Å². The molecule has 0 atom stereocenters. The summed E-state index contributed by atoms with van der Waals surface area (Å²) in [5, 5.41) is 10.2. The number of nitrogens with one attached hydrogen (secondary N) is 1. The normalized spacial score (nSPS) is 10.6. The van der Waals surface area contributed by atoms with Gasteiger partial charge in [0.05, 0.1) is 11.6 Å². The molecule has 104 valence electrons. The highest BCUT2D eigenvalue weighted by molar-refractivity contribution is 5.84. The molecule has 0 amide bonds. The lowest BCUT2D eigenvalue weighted by Gasteiger charge is -2.02. The molecule has 0 aliphatic rings. The van der Waals surface area contributed by atoms with Gasteiger partial charge >= 0.3 is 0 Å². The van der Waals surface area contributed by atoms with Crippen LogP contribution in [0, 0.1) is 11.3 Å². The Balaban J connectivity index is 1.62. The highest BCUT2D eigenvalue weighted by Crippen LogP contribution is 2.21. The number of benzene rings is 2. The minimum Gasteiger partial charge on any atom is -0.361 e. The molecule has 2 aromatic carbocycles. The molecule has 2 heteroatoms. The van der Waals surface area contributed by atoms with E-state index in [4.69, 9.17) is 5.26 Å². The first-order valence-corrected chi connectivity index (χ1v) is 7.41. The minimum atomic E-state index is 0.729. The van der Waals surface area contributed by atoms with E-state index in [0.717, 1.165) is 23.9 Å². The van der Waals surface area contributed by atoms with Crippen molar-refractivity contribution in [3.63, 3.8) is 0 Å². The van der Waals surface area contributed by atoms with Gasteiger partial charge < -0.3 is 4.98 Å². The monoisotopic (exact) mass is 274 g/mol. The molecule has 1 heterocycles. The van der Waals surface area contributed by atoms with E-state index in [1.54, 1.807) is 0 Å². The fraction of sp³-hybridized carbons (Fsp3) is 0.211. The van der Waals surface area contributed by atoms with Gasteiger partial charge in [-0.25, -0.2) is 0 Å². The molecule has 3 rings (SSSR count). The van der Waals surface area contributed by atoms with Crippen molar-refractivity contribution >= 4 is 10.9 Å². The van der Waals surface area contributed by atoms with E-state index in [1.807, 2.05) is 18.2 Å². The van der Waals surface area contributed by atoms with Gasteiger partial charge in [-0.05, 0) is 55.0 Å². The summed E-state index contributed by atoms with van der Waals surface area (Å²) in [4.78, 5) is 3.29. The van der Waals surface area contributed by atoms with E-state index in [-0.39, 0.29) is 0 Å². The summed E-state index contributed by atoms with van der Waals surface area (Å²) in [6.45, 7) is 0. The van der Waals surface area contributed by atoms with Crippen LogP contribution in [0.4, 0.5) is 0 Å². The van der Waals surface area contributed by atoms with E-state index in [0.29, 0.717) is 0 Å². The Hall–Kier alpha value is -2.53. The van der Waals surface area contributed by atoms with Crippen LogP contribution in [0.3, 0.4) is 0 Å². The Morgan fingerprint density at radius 1 is 0.952 bits per heavy atom. The zero-order valence-electron chi connectivity index (χ0n) is 12.0. The van der Waals surface area contributed by atoms with Crippen molar-refractivity contribution in [1.29, 1.82) is 5.26 Å². The Labute approximate surface area is 125 Å². The third-order valence-electron chi connectivity index (χ3n) is 3.90. The maximum Gasteiger partial charge on any atom is 0.0991 e. The van der Waals surface area contributed by atoms with Crippen molar-refractivity contribution in [2.45, 2.75) is 25.7 Å². The number of aryl methyl sites for hydroxylation is 2. The van der Waals surface area contributed by atoms with Crippen molar-refractivity contribution in [2.75, 3.05) is 0 Å². The largest absolute Gasteiger partial charge is 0.361 e. The fourth-order valence-electron chi connectivity index (χ4n) is 2.74. The van der Waals surface area contributed by atoms with Crippen LogP contribution in [0.25, 0.3) is 10.9 Å². The van der Waals surface area contributed by atoms with Crippen molar-refractivity contribution in [1.82, 2.24) is 4.98 Å². The van der Waals surface area contributed by atoms with E-state index < -0.39 is 0 Å². The lowest BCUT2D eigenvalue weighted by Crippen LogP contribution is -1.88. The number of nitrogens with zero attached hydrogens (tertiary/aromatic N) is 1. The van der Waals surface area contributed by atoms with Crippen LogP contribution in [0.1, 0.15) is 29.5 Å². The maximum atomic E-state index is 9.01. The zero-order valence-corrected chi connectivity index (χ0v) is 12.0. The van der Waals surface area contributed by atoms with Crippen molar-refractivity contribution in [3.8, 4) is 6.07 Å². The quantitative estimate of drug-likeness (QED) is 0.678. The standard InChI is InChI=1S/C19H18N2/c20-13-16-10-11-19-18(12-16)17(14-21-19)9-5-4-8-15-6-2-1-3-7-15/h1-3,6-7,10-12,14,21H,4-5,8-9H2. The van der Waals surface area contributed by atoms with Crippen LogP contribution in [0.5, 0.6) is 0 Å². The molecule has 2 nitrogen and oxygen atoms in total. The van der Waals surface area contributed by atoms with Crippen LogP contribution in [0.2, 0.25) is 0 Å². The Bertz CT molecular complexity index is 763. The summed E-state index contributed by atoms with van der Waals surface area (Å²) >= 11 is 0. The second kappa shape index (κ2) is 6.28. The summed E-state index contributed by atoms with van der Waals surface area (Å²) in [7, 11) is 0. The molecule has 1 aromatic heterocycles. The average molecular weight is 274 g/mol. The average Bonchev–Trinajstić information content (AvgIpc) is 2.95. The lowest BCUT2D eigenvalue weighted by molar-refractivity contribution is 0.737. The van der Waals surface area contributed by atoms with Crippen LogP contribution in [-0.2, 0) is 12.8 Å². The third kappa shape index (κ3) is 3.14. The van der Waals surface area contributed by atoms with Crippen LogP contribution in [0.15, 0.2) is 54.7 Å². The highest BCUT2D eigenvalue weighted by Gasteiger charge is 2.04. The SMILES string of the molecule is N#Cc1ccc2[nH]cc(CCCCc3ccccc3)c2c1.